The molecule has 1 aromatic heterocycles. The van der Waals surface area contributed by atoms with Crippen LogP contribution in [0, 0.1) is 11.3 Å². The summed E-state index contributed by atoms with van der Waals surface area (Å²) >= 11 is 3.42. The topological polar surface area (TPSA) is 55.0 Å². The average Bonchev–Trinajstić information content (AvgIpc) is 2.76. The van der Waals surface area contributed by atoms with E-state index in [-0.39, 0.29) is 0 Å². The second kappa shape index (κ2) is 5.44. The lowest BCUT2D eigenvalue weighted by molar-refractivity contribution is 0.0544. The number of nitriles is 1. The zero-order valence-electron chi connectivity index (χ0n) is 13.4. The van der Waals surface area contributed by atoms with Crippen molar-refractivity contribution in [3.63, 3.8) is 0 Å². The van der Waals surface area contributed by atoms with Gasteiger partial charge in [-0.25, -0.2) is 4.79 Å². The van der Waals surface area contributed by atoms with E-state index in [1.807, 2.05) is 52.8 Å². The maximum atomic E-state index is 12.5. The quantitative estimate of drug-likeness (QED) is 0.717. The number of hydrogen-bond donors (Lipinski definition) is 0. The standard InChI is InChI=1S/C17H19BrN2O2/c1-16(2,3)22-15(21)20-9-13(17(4,5)10-19)12-7-6-11(18)8-14(12)20/h6-9H,1-5H3. The molecule has 0 N–H and O–H groups in total. The highest BCUT2D eigenvalue weighted by Crippen LogP contribution is 2.33. The lowest BCUT2D eigenvalue weighted by Gasteiger charge is -2.19. The normalized spacial score (nSPS) is 12.2. The van der Waals surface area contributed by atoms with Gasteiger partial charge in [-0.2, -0.15) is 5.26 Å². The van der Waals surface area contributed by atoms with Gasteiger partial charge in [0.05, 0.1) is 17.0 Å². The Kier molecular flexibility index (Phi) is 4.09. The maximum absolute atomic E-state index is 12.5. The molecule has 0 fully saturated rings. The molecular formula is C17H19BrN2O2. The van der Waals surface area contributed by atoms with Crippen LogP contribution in [0.1, 0.15) is 40.2 Å². The molecule has 4 nitrogen and oxygen atoms in total. The summed E-state index contributed by atoms with van der Waals surface area (Å²) in [5.41, 5.74) is 0.259. The molecule has 1 aromatic carbocycles. The summed E-state index contributed by atoms with van der Waals surface area (Å²) in [5, 5.41) is 10.3. The lowest BCUT2D eigenvalue weighted by Crippen LogP contribution is -2.26. The van der Waals surface area contributed by atoms with Crippen LogP contribution in [0.5, 0.6) is 0 Å². The molecule has 0 unspecified atom stereocenters. The number of fused-ring (bicyclic) bond motifs is 1. The number of halogens is 1. The molecule has 0 saturated carbocycles. The van der Waals surface area contributed by atoms with Crippen LogP contribution < -0.4 is 0 Å². The summed E-state index contributed by atoms with van der Waals surface area (Å²) < 4.78 is 7.79. The van der Waals surface area contributed by atoms with E-state index >= 15 is 0 Å². The molecule has 0 aliphatic rings. The molecule has 2 aromatic rings. The van der Waals surface area contributed by atoms with E-state index in [2.05, 4.69) is 22.0 Å². The molecular weight excluding hydrogens is 344 g/mol. The Hall–Kier alpha value is -1.80. The summed E-state index contributed by atoms with van der Waals surface area (Å²) in [5.74, 6) is 0. The molecule has 0 aliphatic heterocycles. The van der Waals surface area contributed by atoms with Crippen molar-refractivity contribution in [3.8, 4) is 6.07 Å². The Labute approximate surface area is 138 Å². The van der Waals surface area contributed by atoms with Gasteiger partial charge in [0, 0.05) is 16.1 Å². The monoisotopic (exact) mass is 362 g/mol. The van der Waals surface area contributed by atoms with Crippen molar-refractivity contribution in [2.24, 2.45) is 0 Å². The van der Waals surface area contributed by atoms with Gasteiger partial charge in [-0.15, -0.1) is 0 Å². The van der Waals surface area contributed by atoms with Crippen LogP contribution in [0.25, 0.3) is 10.9 Å². The fourth-order valence-electron chi connectivity index (χ4n) is 2.22. The van der Waals surface area contributed by atoms with E-state index in [1.165, 1.54) is 4.57 Å². The Morgan fingerprint density at radius 2 is 1.91 bits per heavy atom. The van der Waals surface area contributed by atoms with E-state index in [1.54, 1.807) is 6.20 Å². The second-order valence-electron chi connectivity index (χ2n) is 6.79. The average molecular weight is 363 g/mol. The zero-order chi connectivity index (χ0) is 16.7. The molecule has 0 amide bonds. The minimum Gasteiger partial charge on any atom is -0.443 e. The molecule has 1 heterocycles. The van der Waals surface area contributed by atoms with Crippen LogP contribution in [0.2, 0.25) is 0 Å². The molecule has 116 valence electrons. The minimum atomic E-state index is -0.695. The van der Waals surface area contributed by atoms with Crippen LogP contribution in [0.15, 0.2) is 28.9 Å². The van der Waals surface area contributed by atoms with Crippen molar-refractivity contribution >= 4 is 32.9 Å². The van der Waals surface area contributed by atoms with E-state index in [4.69, 9.17) is 4.74 Å². The first-order valence-electron chi connectivity index (χ1n) is 7.01. The van der Waals surface area contributed by atoms with Gasteiger partial charge in [-0.1, -0.05) is 22.0 Å². The van der Waals surface area contributed by atoms with Gasteiger partial charge in [0.15, 0.2) is 0 Å². The highest BCUT2D eigenvalue weighted by atomic mass is 79.9. The van der Waals surface area contributed by atoms with E-state index in [9.17, 15) is 10.1 Å². The van der Waals surface area contributed by atoms with Crippen molar-refractivity contribution in [2.45, 2.75) is 45.6 Å². The largest absolute Gasteiger partial charge is 0.443 e. The first-order valence-corrected chi connectivity index (χ1v) is 7.80. The summed E-state index contributed by atoms with van der Waals surface area (Å²) in [6, 6.07) is 7.96. The molecule has 0 radical (unpaired) electrons. The minimum absolute atomic E-state index is 0.449. The van der Waals surface area contributed by atoms with Crippen molar-refractivity contribution in [2.75, 3.05) is 0 Å². The third-order valence-corrected chi connectivity index (χ3v) is 3.80. The van der Waals surface area contributed by atoms with E-state index in [0.717, 1.165) is 20.9 Å². The smallest absolute Gasteiger partial charge is 0.419 e. The van der Waals surface area contributed by atoms with Gasteiger partial charge >= 0.3 is 6.09 Å². The van der Waals surface area contributed by atoms with Gasteiger partial charge in [-0.3, -0.25) is 4.57 Å². The zero-order valence-corrected chi connectivity index (χ0v) is 15.0. The third kappa shape index (κ3) is 3.17. The van der Waals surface area contributed by atoms with E-state index in [0.29, 0.717) is 0 Å². The van der Waals surface area contributed by atoms with Crippen LogP contribution in [-0.2, 0) is 10.2 Å². The summed E-state index contributed by atoms with van der Waals surface area (Å²) in [6.45, 7) is 9.15. The number of aromatic nitrogens is 1. The van der Waals surface area contributed by atoms with Gasteiger partial charge in [0.1, 0.15) is 5.60 Å². The number of hydrogen-bond acceptors (Lipinski definition) is 3. The summed E-state index contributed by atoms with van der Waals surface area (Å²) in [4.78, 5) is 12.5. The summed E-state index contributed by atoms with van der Waals surface area (Å²) in [6.07, 6.45) is 1.25. The van der Waals surface area contributed by atoms with Crippen LogP contribution in [0.4, 0.5) is 4.79 Å². The molecule has 5 heteroatoms. The maximum Gasteiger partial charge on any atom is 0.419 e. The number of benzene rings is 1. The lowest BCUT2D eigenvalue weighted by atomic mass is 9.86. The van der Waals surface area contributed by atoms with Crippen LogP contribution in [-0.4, -0.2) is 16.3 Å². The van der Waals surface area contributed by atoms with Crippen molar-refractivity contribution in [1.82, 2.24) is 4.57 Å². The number of rotatable bonds is 1. The fraction of sp³-hybridized carbons (Fsp3) is 0.412. The van der Waals surface area contributed by atoms with Gasteiger partial charge < -0.3 is 4.74 Å². The predicted octanol–water partition coefficient (Wildman–Crippen LogP) is 4.99. The molecule has 0 saturated heterocycles. The van der Waals surface area contributed by atoms with Crippen molar-refractivity contribution in [3.05, 3.63) is 34.4 Å². The molecule has 0 bridgehead atoms. The Morgan fingerprint density at radius 3 is 2.45 bits per heavy atom. The molecule has 0 aliphatic carbocycles. The third-order valence-electron chi connectivity index (χ3n) is 3.31. The van der Waals surface area contributed by atoms with Gasteiger partial charge in [-0.05, 0) is 52.3 Å². The molecule has 0 atom stereocenters. The Balaban J connectivity index is 2.68. The number of carbonyl (C=O) groups excluding carboxylic acids is 1. The number of nitrogens with zero attached hydrogens (tertiary/aromatic N) is 2. The van der Waals surface area contributed by atoms with E-state index < -0.39 is 17.1 Å². The van der Waals surface area contributed by atoms with Crippen LogP contribution in [0.3, 0.4) is 0 Å². The second-order valence-corrected chi connectivity index (χ2v) is 7.71. The van der Waals surface area contributed by atoms with Gasteiger partial charge in [0.2, 0.25) is 0 Å². The highest BCUT2D eigenvalue weighted by Gasteiger charge is 2.28. The van der Waals surface area contributed by atoms with Crippen molar-refractivity contribution in [1.29, 1.82) is 5.26 Å². The molecule has 22 heavy (non-hydrogen) atoms. The fourth-order valence-corrected chi connectivity index (χ4v) is 2.57. The summed E-state index contributed by atoms with van der Waals surface area (Å²) in [7, 11) is 0. The van der Waals surface area contributed by atoms with Crippen LogP contribution >= 0.6 is 15.9 Å². The Bertz CT molecular complexity index is 776. The number of ether oxygens (including phenoxy) is 1. The molecule has 2 rings (SSSR count). The SMILES string of the molecule is CC(C)(C)OC(=O)n1cc(C(C)(C)C#N)c2ccc(Br)cc21. The molecule has 0 spiro atoms. The Morgan fingerprint density at radius 1 is 1.27 bits per heavy atom. The number of carbonyl (C=O) groups is 1. The highest BCUT2D eigenvalue weighted by molar-refractivity contribution is 9.10. The first kappa shape index (κ1) is 16.6. The van der Waals surface area contributed by atoms with Gasteiger partial charge in [0.25, 0.3) is 0 Å². The van der Waals surface area contributed by atoms with Crippen molar-refractivity contribution < 1.29 is 9.53 Å². The first-order chi connectivity index (χ1) is 10.0. The predicted molar refractivity (Wildman–Crippen MR) is 89.9 cm³/mol.